The van der Waals surface area contributed by atoms with Crippen molar-refractivity contribution >= 4 is 28.4 Å². The number of halogens is 1. The maximum atomic E-state index is 11.6. The van der Waals surface area contributed by atoms with E-state index in [4.69, 9.17) is 4.74 Å². The molecule has 1 aliphatic rings. The minimum absolute atomic E-state index is 0.0752. The molecule has 0 bridgehead atoms. The summed E-state index contributed by atoms with van der Waals surface area (Å²) in [5, 5.41) is 0. The van der Waals surface area contributed by atoms with Crippen LogP contribution in [0.4, 0.5) is 5.82 Å². The highest BCUT2D eigenvalue weighted by Crippen LogP contribution is 2.19. The van der Waals surface area contributed by atoms with Crippen LogP contribution in [0, 0.1) is 3.57 Å². The van der Waals surface area contributed by atoms with Crippen LogP contribution in [0.25, 0.3) is 0 Å². The van der Waals surface area contributed by atoms with Crippen LogP contribution >= 0.6 is 22.6 Å². The van der Waals surface area contributed by atoms with Crippen molar-refractivity contribution in [1.82, 2.24) is 9.97 Å². The summed E-state index contributed by atoms with van der Waals surface area (Å²) in [6.07, 6.45) is 3.65. The standard InChI is InChI=1S/C11H16IN3O2/c1-2-8-6-15(4-3-5-17-8)10-9(12)11(16)14-7-13-10/h7-8H,2-6H2,1H3,(H,13,14,16). The second-order valence-corrected chi connectivity index (χ2v) is 5.15. The number of nitrogens with zero attached hydrogens (tertiary/aromatic N) is 2. The Labute approximate surface area is 114 Å². The van der Waals surface area contributed by atoms with Gasteiger partial charge in [-0.05, 0) is 35.4 Å². The first-order chi connectivity index (χ1) is 8.22. The van der Waals surface area contributed by atoms with E-state index in [9.17, 15) is 4.79 Å². The van der Waals surface area contributed by atoms with Crippen molar-refractivity contribution in [3.8, 4) is 0 Å². The third kappa shape index (κ3) is 2.98. The molecule has 1 N–H and O–H groups in total. The van der Waals surface area contributed by atoms with Gasteiger partial charge in [-0.1, -0.05) is 6.92 Å². The highest BCUT2D eigenvalue weighted by Gasteiger charge is 2.20. The van der Waals surface area contributed by atoms with E-state index in [-0.39, 0.29) is 11.7 Å². The minimum atomic E-state index is -0.0752. The Kier molecular flexibility index (Phi) is 4.38. The number of nitrogens with one attached hydrogen (secondary N) is 1. The Morgan fingerprint density at radius 3 is 3.29 bits per heavy atom. The van der Waals surface area contributed by atoms with Gasteiger partial charge in [-0.15, -0.1) is 0 Å². The summed E-state index contributed by atoms with van der Waals surface area (Å²) in [4.78, 5) is 20.6. The molecule has 0 radical (unpaired) electrons. The fourth-order valence-electron chi connectivity index (χ4n) is 1.93. The van der Waals surface area contributed by atoms with E-state index >= 15 is 0 Å². The Hall–Kier alpha value is -0.630. The molecule has 6 heteroatoms. The number of rotatable bonds is 2. The zero-order valence-corrected chi connectivity index (χ0v) is 11.9. The molecule has 1 aromatic rings. The average Bonchev–Trinajstić information content (AvgIpc) is 2.58. The fourth-order valence-corrected chi connectivity index (χ4v) is 2.56. The maximum absolute atomic E-state index is 11.6. The first-order valence-electron chi connectivity index (χ1n) is 5.82. The molecule has 17 heavy (non-hydrogen) atoms. The molecule has 1 aliphatic heterocycles. The second-order valence-electron chi connectivity index (χ2n) is 4.07. The summed E-state index contributed by atoms with van der Waals surface area (Å²) in [6.45, 7) is 4.60. The van der Waals surface area contributed by atoms with Gasteiger partial charge in [-0.25, -0.2) is 4.98 Å². The molecule has 1 fully saturated rings. The predicted molar refractivity (Wildman–Crippen MR) is 74.4 cm³/mol. The van der Waals surface area contributed by atoms with Gasteiger partial charge in [0, 0.05) is 19.7 Å². The average molecular weight is 349 g/mol. The van der Waals surface area contributed by atoms with Crippen LogP contribution in [0.1, 0.15) is 19.8 Å². The number of hydrogen-bond acceptors (Lipinski definition) is 4. The number of aromatic nitrogens is 2. The highest BCUT2D eigenvalue weighted by molar-refractivity contribution is 14.1. The van der Waals surface area contributed by atoms with Gasteiger partial charge < -0.3 is 14.6 Å². The van der Waals surface area contributed by atoms with Gasteiger partial charge in [0.15, 0.2) is 0 Å². The molecule has 1 saturated heterocycles. The van der Waals surface area contributed by atoms with Crippen molar-refractivity contribution in [3.63, 3.8) is 0 Å². The summed E-state index contributed by atoms with van der Waals surface area (Å²) >= 11 is 2.05. The van der Waals surface area contributed by atoms with Crippen LogP contribution in [0.3, 0.4) is 0 Å². The lowest BCUT2D eigenvalue weighted by atomic mass is 10.2. The van der Waals surface area contributed by atoms with Crippen molar-refractivity contribution in [2.75, 3.05) is 24.6 Å². The summed E-state index contributed by atoms with van der Waals surface area (Å²) < 4.78 is 6.37. The Morgan fingerprint density at radius 1 is 1.71 bits per heavy atom. The summed E-state index contributed by atoms with van der Waals surface area (Å²) in [6, 6.07) is 0. The molecule has 1 unspecified atom stereocenters. The molecular weight excluding hydrogens is 333 g/mol. The number of hydrogen-bond donors (Lipinski definition) is 1. The molecule has 0 saturated carbocycles. The van der Waals surface area contributed by atoms with Gasteiger partial charge >= 0.3 is 0 Å². The van der Waals surface area contributed by atoms with Gasteiger partial charge in [0.2, 0.25) is 0 Å². The largest absolute Gasteiger partial charge is 0.376 e. The number of anilines is 1. The van der Waals surface area contributed by atoms with Crippen LogP contribution in [0.5, 0.6) is 0 Å². The number of aromatic amines is 1. The smallest absolute Gasteiger partial charge is 0.266 e. The monoisotopic (exact) mass is 349 g/mol. The summed E-state index contributed by atoms with van der Waals surface area (Å²) in [5.74, 6) is 0.776. The van der Waals surface area contributed by atoms with Crippen molar-refractivity contribution in [3.05, 3.63) is 20.3 Å². The molecule has 1 atom stereocenters. The van der Waals surface area contributed by atoms with E-state index in [0.29, 0.717) is 3.57 Å². The van der Waals surface area contributed by atoms with Crippen LogP contribution in [-0.4, -0.2) is 35.8 Å². The predicted octanol–water partition coefficient (Wildman–Crippen LogP) is 1.38. The molecular formula is C11H16IN3O2. The number of H-pyrrole nitrogens is 1. The van der Waals surface area contributed by atoms with Crippen molar-refractivity contribution in [2.45, 2.75) is 25.9 Å². The van der Waals surface area contributed by atoms with Crippen molar-refractivity contribution in [2.24, 2.45) is 0 Å². The third-order valence-electron chi connectivity index (χ3n) is 2.88. The van der Waals surface area contributed by atoms with Gasteiger partial charge in [-0.3, -0.25) is 4.79 Å². The van der Waals surface area contributed by atoms with Gasteiger partial charge in [-0.2, -0.15) is 0 Å². The number of ether oxygens (including phenoxy) is 1. The van der Waals surface area contributed by atoms with Crippen molar-refractivity contribution < 1.29 is 4.74 Å². The van der Waals surface area contributed by atoms with Gasteiger partial charge in [0.25, 0.3) is 5.56 Å². The van der Waals surface area contributed by atoms with E-state index in [2.05, 4.69) is 44.4 Å². The lowest BCUT2D eigenvalue weighted by Crippen LogP contribution is -2.34. The molecule has 0 spiro atoms. The Bertz CT molecular complexity index is 435. The highest BCUT2D eigenvalue weighted by atomic mass is 127. The van der Waals surface area contributed by atoms with Crippen molar-refractivity contribution in [1.29, 1.82) is 0 Å². The zero-order chi connectivity index (χ0) is 12.3. The lowest BCUT2D eigenvalue weighted by molar-refractivity contribution is 0.0664. The van der Waals surface area contributed by atoms with E-state index < -0.39 is 0 Å². The maximum Gasteiger partial charge on any atom is 0.266 e. The molecule has 5 nitrogen and oxygen atoms in total. The lowest BCUT2D eigenvalue weighted by Gasteiger charge is -2.24. The summed E-state index contributed by atoms with van der Waals surface area (Å²) in [5.41, 5.74) is -0.0752. The fraction of sp³-hybridized carbons (Fsp3) is 0.636. The van der Waals surface area contributed by atoms with Crippen LogP contribution in [0.15, 0.2) is 11.1 Å². The molecule has 2 rings (SSSR count). The normalized spacial score (nSPS) is 21.3. The van der Waals surface area contributed by atoms with Gasteiger partial charge in [0.05, 0.1) is 12.4 Å². The van der Waals surface area contributed by atoms with E-state index in [1.54, 1.807) is 0 Å². The molecule has 2 heterocycles. The SMILES string of the molecule is CCC1CN(c2nc[nH]c(=O)c2I)CCCO1. The molecule has 0 amide bonds. The molecule has 0 aliphatic carbocycles. The van der Waals surface area contributed by atoms with Crippen LogP contribution < -0.4 is 10.5 Å². The van der Waals surface area contributed by atoms with E-state index in [1.807, 2.05) is 0 Å². The Balaban J connectivity index is 2.25. The zero-order valence-electron chi connectivity index (χ0n) is 9.78. The molecule has 94 valence electrons. The third-order valence-corrected chi connectivity index (χ3v) is 3.86. The minimum Gasteiger partial charge on any atom is -0.376 e. The van der Waals surface area contributed by atoms with Crippen LogP contribution in [0.2, 0.25) is 0 Å². The second kappa shape index (κ2) is 5.81. The first-order valence-corrected chi connectivity index (χ1v) is 6.90. The quantitative estimate of drug-likeness (QED) is 0.820. The molecule has 1 aromatic heterocycles. The molecule has 0 aromatic carbocycles. The topological polar surface area (TPSA) is 58.2 Å². The van der Waals surface area contributed by atoms with E-state index in [0.717, 1.165) is 38.4 Å². The first kappa shape index (κ1) is 12.8. The Morgan fingerprint density at radius 2 is 2.53 bits per heavy atom. The van der Waals surface area contributed by atoms with E-state index in [1.165, 1.54) is 6.33 Å². The van der Waals surface area contributed by atoms with Gasteiger partial charge in [0.1, 0.15) is 9.39 Å². The van der Waals surface area contributed by atoms with Crippen LogP contribution in [-0.2, 0) is 4.74 Å². The summed E-state index contributed by atoms with van der Waals surface area (Å²) in [7, 11) is 0.